The number of hydrogen-bond donors (Lipinski definition) is 1. The highest BCUT2D eigenvalue weighted by atomic mass is 32.2. The van der Waals surface area contributed by atoms with Crippen molar-refractivity contribution in [1.82, 2.24) is 4.31 Å². The summed E-state index contributed by atoms with van der Waals surface area (Å²) in [5.41, 5.74) is 2.25. The number of nitrogens with zero attached hydrogens (tertiary/aromatic N) is 2. The summed E-state index contributed by atoms with van der Waals surface area (Å²) in [5.74, 6) is 0.0268. The molecule has 2 fully saturated rings. The Bertz CT molecular complexity index is 1080. The molecule has 178 valence electrons. The molecule has 2 aliphatic rings. The average molecular weight is 476 g/mol. The Hall–Kier alpha value is -2.66. The molecule has 2 aromatic carbocycles. The zero-order chi connectivity index (χ0) is 23.3. The zero-order valence-electron chi connectivity index (χ0n) is 18.7. The van der Waals surface area contributed by atoms with Gasteiger partial charge in [-0.15, -0.1) is 0 Å². The normalized spacial score (nSPS) is 17.5. The summed E-state index contributed by atoms with van der Waals surface area (Å²) >= 11 is 0. The molecule has 1 amide bonds. The maximum atomic E-state index is 13.2. The molecule has 10 heteroatoms. The molecule has 2 aliphatic heterocycles. The van der Waals surface area contributed by atoms with Crippen LogP contribution in [0.25, 0.3) is 0 Å². The minimum atomic E-state index is -3.77. The highest BCUT2D eigenvalue weighted by Crippen LogP contribution is 2.30. The molecule has 9 nitrogen and oxygen atoms in total. The van der Waals surface area contributed by atoms with Crippen molar-refractivity contribution in [2.24, 2.45) is 0 Å². The molecule has 33 heavy (non-hydrogen) atoms. The van der Waals surface area contributed by atoms with E-state index in [1.165, 1.54) is 17.5 Å². The van der Waals surface area contributed by atoms with Gasteiger partial charge in [-0.3, -0.25) is 4.79 Å². The molecule has 0 atom stereocenters. The smallest absolute Gasteiger partial charge is 0.246 e. The number of morpholine rings is 2. The van der Waals surface area contributed by atoms with E-state index in [1.54, 1.807) is 12.1 Å². The first kappa shape index (κ1) is 23.5. The molecule has 0 spiro atoms. The van der Waals surface area contributed by atoms with Crippen LogP contribution in [-0.2, 0) is 30.7 Å². The van der Waals surface area contributed by atoms with Crippen molar-refractivity contribution >= 4 is 27.3 Å². The van der Waals surface area contributed by atoms with Crippen LogP contribution in [0, 0.1) is 0 Å². The number of methoxy groups -OCH3 is 1. The lowest BCUT2D eigenvalue weighted by Gasteiger charge is -2.30. The van der Waals surface area contributed by atoms with Crippen LogP contribution in [0.1, 0.15) is 5.56 Å². The predicted molar refractivity (Wildman–Crippen MR) is 124 cm³/mol. The Balaban J connectivity index is 1.52. The highest BCUT2D eigenvalue weighted by molar-refractivity contribution is 7.89. The van der Waals surface area contributed by atoms with Crippen LogP contribution in [0.4, 0.5) is 11.4 Å². The first-order valence-electron chi connectivity index (χ1n) is 11.0. The second-order valence-corrected chi connectivity index (χ2v) is 9.75. The van der Waals surface area contributed by atoms with Crippen LogP contribution in [0.2, 0.25) is 0 Å². The molecule has 0 radical (unpaired) electrons. The number of ether oxygens (including phenoxy) is 3. The van der Waals surface area contributed by atoms with E-state index in [0.717, 1.165) is 24.5 Å². The van der Waals surface area contributed by atoms with E-state index >= 15 is 0 Å². The van der Waals surface area contributed by atoms with Crippen molar-refractivity contribution in [2.45, 2.75) is 11.3 Å². The lowest BCUT2D eigenvalue weighted by Crippen LogP contribution is -2.40. The van der Waals surface area contributed by atoms with Crippen molar-refractivity contribution in [1.29, 1.82) is 0 Å². The molecular formula is C23H29N3O6S. The van der Waals surface area contributed by atoms with E-state index in [9.17, 15) is 13.2 Å². The molecular weight excluding hydrogens is 446 g/mol. The first-order chi connectivity index (χ1) is 16.0. The molecule has 0 bridgehead atoms. The Morgan fingerprint density at radius 3 is 2.36 bits per heavy atom. The summed E-state index contributed by atoms with van der Waals surface area (Å²) in [5, 5.41) is 2.98. The fourth-order valence-corrected chi connectivity index (χ4v) is 5.61. The Morgan fingerprint density at radius 1 is 1.00 bits per heavy atom. The van der Waals surface area contributed by atoms with Crippen LogP contribution < -0.4 is 15.0 Å². The lowest BCUT2D eigenvalue weighted by molar-refractivity contribution is -0.115. The van der Waals surface area contributed by atoms with Gasteiger partial charge in [0.25, 0.3) is 0 Å². The quantitative estimate of drug-likeness (QED) is 0.651. The fourth-order valence-electron chi connectivity index (χ4n) is 4.00. The van der Waals surface area contributed by atoms with Crippen molar-refractivity contribution < 1.29 is 27.4 Å². The van der Waals surface area contributed by atoms with E-state index < -0.39 is 10.0 Å². The van der Waals surface area contributed by atoms with Crippen molar-refractivity contribution in [3.63, 3.8) is 0 Å². The number of carbonyl (C=O) groups excluding carboxylic acids is 1. The Morgan fingerprint density at radius 2 is 1.67 bits per heavy atom. The van der Waals surface area contributed by atoms with Crippen LogP contribution in [0.5, 0.6) is 5.75 Å². The maximum absolute atomic E-state index is 13.2. The third-order valence-electron chi connectivity index (χ3n) is 5.71. The molecule has 2 aromatic rings. The van der Waals surface area contributed by atoms with Crippen LogP contribution >= 0.6 is 0 Å². The number of benzene rings is 2. The summed E-state index contributed by atoms with van der Waals surface area (Å²) in [4.78, 5) is 15.1. The third kappa shape index (κ3) is 5.47. The molecule has 4 rings (SSSR count). The monoisotopic (exact) mass is 475 g/mol. The van der Waals surface area contributed by atoms with E-state index in [-0.39, 0.29) is 36.1 Å². The van der Waals surface area contributed by atoms with Gasteiger partial charge in [-0.2, -0.15) is 4.31 Å². The average Bonchev–Trinajstić information content (AvgIpc) is 2.85. The number of amides is 1. The lowest BCUT2D eigenvalue weighted by atomic mass is 10.1. The zero-order valence-corrected chi connectivity index (χ0v) is 19.5. The minimum absolute atomic E-state index is 0.0348. The largest absolute Gasteiger partial charge is 0.495 e. The molecule has 2 saturated heterocycles. The van der Waals surface area contributed by atoms with Gasteiger partial charge in [0.1, 0.15) is 10.6 Å². The second-order valence-electron chi connectivity index (χ2n) is 7.84. The molecule has 0 unspecified atom stereocenters. The van der Waals surface area contributed by atoms with Gasteiger partial charge >= 0.3 is 0 Å². The van der Waals surface area contributed by atoms with Gasteiger partial charge in [0.15, 0.2) is 0 Å². The van der Waals surface area contributed by atoms with Crippen LogP contribution in [-0.4, -0.2) is 78.3 Å². The summed E-state index contributed by atoms with van der Waals surface area (Å²) in [6.45, 7) is 4.09. The Kier molecular flexibility index (Phi) is 7.49. The SMILES string of the molecule is COc1ccc(CC(=O)Nc2ccccc2N2CCOCC2)cc1S(=O)(=O)N1CCOCC1. The van der Waals surface area contributed by atoms with Gasteiger partial charge < -0.3 is 24.4 Å². The first-order valence-corrected chi connectivity index (χ1v) is 12.4. The summed E-state index contributed by atoms with van der Waals surface area (Å²) in [7, 11) is -2.33. The van der Waals surface area contributed by atoms with Crippen molar-refractivity contribution in [2.75, 3.05) is 69.9 Å². The van der Waals surface area contributed by atoms with Gasteiger partial charge in [0.2, 0.25) is 15.9 Å². The highest BCUT2D eigenvalue weighted by Gasteiger charge is 2.29. The summed E-state index contributed by atoms with van der Waals surface area (Å²) < 4.78 is 43.8. The predicted octanol–water partition coefficient (Wildman–Crippen LogP) is 1.73. The topological polar surface area (TPSA) is 97.4 Å². The molecule has 0 saturated carbocycles. The third-order valence-corrected chi connectivity index (χ3v) is 7.63. The number of carbonyl (C=O) groups is 1. The number of nitrogens with one attached hydrogen (secondary N) is 1. The van der Waals surface area contributed by atoms with Crippen molar-refractivity contribution in [3.8, 4) is 5.75 Å². The van der Waals surface area contributed by atoms with E-state index in [4.69, 9.17) is 14.2 Å². The number of sulfonamides is 1. The number of para-hydroxylation sites is 2. The molecule has 0 aliphatic carbocycles. The van der Waals surface area contributed by atoms with Gasteiger partial charge in [0, 0.05) is 26.2 Å². The number of hydrogen-bond acceptors (Lipinski definition) is 7. The number of anilines is 2. The summed E-state index contributed by atoms with van der Waals surface area (Å²) in [6.07, 6.45) is 0.0348. The van der Waals surface area contributed by atoms with Crippen LogP contribution in [0.3, 0.4) is 0 Å². The summed E-state index contributed by atoms with van der Waals surface area (Å²) in [6, 6.07) is 12.5. The van der Waals surface area contributed by atoms with Gasteiger partial charge in [-0.05, 0) is 29.8 Å². The molecule has 2 heterocycles. The minimum Gasteiger partial charge on any atom is -0.495 e. The van der Waals surface area contributed by atoms with Crippen molar-refractivity contribution in [3.05, 3.63) is 48.0 Å². The van der Waals surface area contributed by atoms with Gasteiger partial charge in [0.05, 0.1) is 51.3 Å². The van der Waals surface area contributed by atoms with E-state index in [1.807, 2.05) is 24.3 Å². The number of rotatable bonds is 7. The standard InChI is InChI=1S/C23H29N3O6S/c1-30-21-7-6-18(16-22(21)33(28,29)26-10-14-32-15-11-26)17-23(27)24-19-4-2-3-5-20(19)25-8-12-31-13-9-25/h2-7,16H,8-15,17H2,1H3,(H,24,27). The van der Waals surface area contributed by atoms with Crippen LogP contribution in [0.15, 0.2) is 47.4 Å². The molecule has 1 N–H and O–H groups in total. The van der Waals surface area contributed by atoms with E-state index in [0.29, 0.717) is 32.0 Å². The van der Waals surface area contributed by atoms with Gasteiger partial charge in [-0.1, -0.05) is 18.2 Å². The maximum Gasteiger partial charge on any atom is 0.246 e. The Labute approximate surface area is 194 Å². The van der Waals surface area contributed by atoms with E-state index in [2.05, 4.69) is 10.2 Å². The second kappa shape index (κ2) is 10.5. The fraction of sp³-hybridized carbons (Fsp3) is 0.435. The molecule has 0 aromatic heterocycles. The van der Waals surface area contributed by atoms with Gasteiger partial charge in [-0.25, -0.2) is 8.42 Å².